The van der Waals surface area contributed by atoms with E-state index in [0.717, 1.165) is 18.2 Å². The molecule has 34 heavy (non-hydrogen) atoms. The molecule has 0 N–H and O–H groups in total. The third-order valence-corrected chi connectivity index (χ3v) is 4.55. The largest absolute Gasteiger partial charge is 0.450 e. The summed E-state index contributed by atoms with van der Waals surface area (Å²) >= 11 is 0. The summed E-state index contributed by atoms with van der Waals surface area (Å²) in [6, 6.07) is 13.5. The lowest BCUT2D eigenvalue weighted by atomic mass is 10.0. The number of hydrogen-bond donors (Lipinski definition) is 0. The van der Waals surface area contributed by atoms with Crippen molar-refractivity contribution in [3.63, 3.8) is 0 Å². The second kappa shape index (κ2) is 9.27. The van der Waals surface area contributed by atoms with Gasteiger partial charge in [0.1, 0.15) is 5.75 Å². The van der Waals surface area contributed by atoms with Crippen LogP contribution < -0.4 is 4.74 Å². The summed E-state index contributed by atoms with van der Waals surface area (Å²) in [5, 5.41) is 20.6. The average molecular weight is 478 g/mol. The molecule has 0 radical (unpaired) electrons. The summed E-state index contributed by atoms with van der Waals surface area (Å²) in [6.07, 6.45) is -7.88. The minimum Gasteiger partial charge on any atom is -0.450 e. The van der Waals surface area contributed by atoms with Crippen LogP contribution in [-0.4, -0.2) is 4.92 Å². The van der Waals surface area contributed by atoms with E-state index in [4.69, 9.17) is 4.74 Å². The molecule has 0 amide bonds. The van der Waals surface area contributed by atoms with E-state index in [1.165, 1.54) is 42.5 Å². The maximum atomic E-state index is 12.8. The summed E-state index contributed by atoms with van der Waals surface area (Å²) < 4.78 is 81.9. The molecule has 3 aromatic carbocycles. The van der Waals surface area contributed by atoms with Crippen molar-refractivity contribution in [3.8, 4) is 17.6 Å². The smallest absolute Gasteiger partial charge is 0.416 e. The van der Waals surface area contributed by atoms with E-state index in [-0.39, 0.29) is 11.3 Å². The van der Waals surface area contributed by atoms with Crippen LogP contribution >= 0.6 is 0 Å². The summed E-state index contributed by atoms with van der Waals surface area (Å²) in [6.45, 7) is 0. The molecule has 0 atom stereocenters. The quantitative estimate of drug-likeness (QED) is 0.125. The van der Waals surface area contributed by atoms with Crippen molar-refractivity contribution in [2.45, 2.75) is 12.4 Å². The highest BCUT2D eigenvalue weighted by Crippen LogP contribution is 2.38. The highest BCUT2D eigenvalue weighted by molar-refractivity contribution is 5.89. The van der Waals surface area contributed by atoms with Crippen LogP contribution in [0, 0.1) is 21.4 Å². The van der Waals surface area contributed by atoms with Crippen LogP contribution in [0.25, 0.3) is 11.6 Å². The summed E-state index contributed by atoms with van der Waals surface area (Å²) in [5.74, 6) is -0.356. The van der Waals surface area contributed by atoms with Crippen molar-refractivity contribution >= 4 is 17.3 Å². The summed E-state index contributed by atoms with van der Waals surface area (Å²) in [7, 11) is 0. The van der Waals surface area contributed by atoms with Crippen molar-refractivity contribution < 1.29 is 36.0 Å². The van der Waals surface area contributed by atoms with Gasteiger partial charge in [-0.2, -0.15) is 31.6 Å². The second-order valence-corrected chi connectivity index (χ2v) is 6.85. The number of halogens is 6. The van der Waals surface area contributed by atoms with Gasteiger partial charge in [-0.1, -0.05) is 12.1 Å². The minimum absolute atomic E-state index is 0.0541. The molecular formula is C23H12F6N2O3. The number of nitro benzene ring substituents is 1. The topological polar surface area (TPSA) is 76.2 Å². The fraction of sp³-hybridized carbons (Fsp3) is 0.0870. The standard InChI is InChI=1S/C23H12F6N2O3/c24-22(25,26)17-5-1-14(2-6-17)11-16(13-30)15-3-8-19(9-4-15)34-21-10-7-18(23(27,28)29)12-20(21)31(32)33/h1-12H. The molecule has 3 rings (SSSR count). The molecule has 0 bridgehead atoms. The Bertz CT molecular complexity index is 1270. The van der Waals surface area contributed by atoms with E-state index in [0.29, 0.717) is 23.3 Å². The Morgan fingerprint density at radius 2 is 1.44 bits per heavy atom. The predicted octanol–water partition coefficient (Wildman–Crippen LogP) is 7.49. The highest BCUT2D eigenvalue weighted by Gasteiger charge is 2.33. The van der Waals surface area contributed by atoms with Crippen molar-refractivity contribution in [1.29, 1.82) is 5.26 Å². The zero-order valence-corrected chi connectivity index (χ0v) is 16.8. The zero-order chi connectivity index (χ0) is 25.1. The van der Waals surface area contributed by atoms with Gasteiger partial charge >= 0.3 is 18.0 Å². The molecule has 0 aromatic heterocycles. The van der Waals surface area contributed by atoms with Gasteiger partial charge in [0.25, 0.3) is 0 Å². The summed E-state index contributed by atoms with van der Waals surface area (Å²) in [5.41, 5.74) is -2.07. The van der Waals surface area contributed by atoms with E-state index in [2.05, 4.69) is 0 Å². The third kappa shape index (κ3) is 5.72. The maximum absolute atomic E-state index is 12.8. The van der Waals surface area contributed by atoms with Crippen molar-refractivity contribution in [3.05, 3.63) is 99.1 Å². The predicted molar refractivity (Wildman–Crippen MR) is 110 cm³/mol. The number of hydrogen-bond acceptors (Lipinski definition) is 4. The number of nitrogens with zero attached hydrogens (tertiary/aromatic N) is 2. The number of nitriles is 1. The third-order valence-electron chi connectivity index (χ3n) is 4.55. The van der Waals surface area contributed by atoms with Gasteiger partial charge in [-0.15, -0.1) is 0 Å². The maximum Gasteiger partial charge on any atom is 0.416 e. The van der Waals surface area contributed by atoms with Gasteiger partial charge in [0.05, 0.1) is 27.7 Å². The van der Waals surface area contributed by atoms with Crippen molar-refractivity contribution in [2.75, 3.05) is 0 Å². The molecule has 11 heteroatoms. The molecular weight excluding hydrogens is 466 g/mol. The lowest BCUT2D eigenvalue weighted by Gasteiger charge is -2.10. The Balaban J connectivity index is 1.84. The second-order valence-electron chi connectivity index (χ2n) is 6.85. The van der Waals surface area contributed by atoms with Crippen LogP contribution in [0.2, 0.25) is 0 Å². The highest BCUT2D eigenvalue weighted by atomic mass is 19.4. The Hall–Kier alpha value is -4.33. The van der Waals surface area contributed by atoms with E-state index < -0.39 is 39.8 Å². The Labute approximate surface area is 188 Å². The average Bonchev–Trinajstić information content (AvgIpc) is 2.77. The van der Waals surface area contributed by atoms with Crippen LogP contribution in [0.5, 0.6) is 11.5 Å². The minimum atomic E-state index is -4.77. The number of benzene rings is 3. The first-order valence-corrected chi connectivity index (χ1v) is 9.31. The molecule has 0 unspecified atom stereocenters. The summed E-state index contributed by atoms with van der Waals surface area (Å²) in [4.78, 5) is 10.2. The van der Waals surface area contributed by atoms with Crippen molar-refractivity contribution in [1.82, 2.24) is 0 Å². The van der Waals surface area contributed by atoms with Crippen LogP contribution in [0.3, 0.4) is 0 Å². The number of rotatable bonds is 5. The first-order chi connectivity index (χ1) is 15.9. The van der Waals surface area contributed by atoms with Crippen molar-refractivity contribution in [2.24, 2.45) is 0 Å². The Morgan fingerprint density at radius 1 is 0.882 bits per heavy atom. The number of allylic oxidation sites excluding steroid dienone is 1. The molecule has 0 heterocycles. The van der Waals surface area contributed by atoms with Gasteiger partial charge < -0.3 is 4.74 Å². The fourth-order valence-corrected chi connectivity index (χ4v) is 2.87. The molecule has 0 fully saturated rings. The molecule has 5 nitrogen and oxygen atoms in total. The molecule has 0 aliphatic rings. The van der Waals surface area contributed by atoms with Gasteiger partial charge in [-0.25, -0.2) is 0 Å². The van der Waals surface area contributed by atoms with Gasteiger partial charge in [0.2, 0.25) is 5.75 Å². The number of ether oxygens (including phenoxy) is 1. The molecule has 0 saturated heterocycles. The monoisotopic (exact) mass is 478 g/mol. The van der Waals surface area contributed by atoms with Gasteiger partial charge in [-0.05, 0) is 65.7 Å². The molecule has 0 aliphatic carbocycles. The zero-order valence-electron chi connectivity index (χ0n) is 16.8. The molecule has 0 saturated carbocycles. The van der Waals surface area contributed by atoms with Crippen LogP contribution in [0.4, 0.5) is 32.0 Å². The van der Waals surface area contributed by atoms with Gasteiger partial charge in [0.15, 0.2) is 0 Å². The lowest BCUT2D eigenvalue weighted by Crippen LogP contribution is -2.06. The first kappa shape index (κ1) is 24.3. The Kier molecular flexibility index (Phi) is 6.63. The van der Waals surface area contributed by atoms with E-state index in [1.54, 1.807) is 0 Å². The number of nitro groups is 1. The van der Waals surface area contributed by atoms with Crippen LogP contribution in [0.15, 0.2) is 66.7 Å². The molecule has 174 valence electrons. The number of alkyl halides is 6. The SMILES string of the molecule is N#CC(=Cc1ccc(C(F)(F)F)cc1)c1ccc(Oc2ccc(C(F)(F)F)cc2[N+](=O)[O-])cc1. The van der Waals surface area contributed by atoms with Crippen LogP contribution in [-0.2, 0) is 12.4 Å². The van der Waals surface area contributed by atoms with Gasteiger partial charge in [-0.3, -0.25) is 10.1 Å². The fourth-order valence-electron chi connectivity index (χ4n) is 2.87. The lowest BCUT2D eigenvalue weighted by molar-refractivity contribution is -0.385. The van der Waals surface area contributed by atoms with Crippen LogP contribution in [0.1, 0.15) is 22.3 Å². The van der Waals surface area contributed by atoms with E-state index in [1.807, 2.05) is 6.07 Å². The Morgan fingerprint density at radius 3 is 1.94 bits per heavy atom. The van der Waals surface area contributed by atoms with E-state index >= 15 is 0 Å². The molecule has 0 aliphatic heterocycles. The molecule has 0 spiro atoms. The van der Waals surface area contributed by atoms with E-state index in [9.17, 15) is 41.7 Å². The first-order valence-electron chi connectivity index (χ1n) is 9.31. The van der Waals surface area contributed by atoms with Gasteiger partial charge in [0, 0.05) is 6.07 Å². The normalized spacial score (nSPS) is 12.2. The molecule has 3 aromatic rings.